The number of oxime groups is 1. The Hall–Kier alpha value is -0.570. The second-order valence-corrected chi connectivity index (χ2v) is 3.65. The quantitative estimate of drug-likeness (QED) is 0.369. The molecule has 11 heavy (non-hydrogen) atoms. The van der Waals surface area contributed by atoms with Crippen molar-refractivity contribution in [2.45, 2.75) is 26.3 Å². The van der Waals surface area contributed by atoms with Gasteiger partial charge in [-0.2, -0.15) is 0 Å². The number of rotatable bonds is 0. The highest BCUT2D eigenvalue weighted by atomic mass is 16.4. The molecule has 0 saturated carbocycles. The molecule has 3 heteroatoms. The molecule has 0 aromatic carbocycles. The van der Waals surface area contributed by atoms with E-state index in [1.54, 1.807) is 0 Å². The number of hydrogen-bond acceptors (Lipinski definition) is 2. The summed E-state index contributed by atoms with van der Waals surface area (Å²) in [6.45, 7) is 5.39. The van der Waals surface area contributed by atoms with Gasteiger partial charge in [0, 0.05) is 12.3 Å². The van der Waals surface area contributed by atoms with E-state index in [0.717, 1.165) is 18.7 Å². The Morgan fingerprint density at radius 1 is 1.55 bits per heavy atom. The van der Waals surface area contributed by atoms with Crippen LogP contribution in [0.1, 0.15) is 20.3 Å². The molecule has 1 fully saturated rings. The molecule has 2 N–H and O–H groups in total. The van der Waals surface area contributed by atoms with Crippen molar-refractivity contribution in [3.8, 4) is 0 Å². The molecule has 0 spiro atoms. The van der Waals surface area contributed by atoms with E-state index in [2.05, 4.69) is 26.1 Å². The van der Waals surface area contributed by atoms with E-state index in [1.165, 1.54) is 4.90 Å². The normalized spacial score (nSPS) is 42.8. The zero-order valence-corrected chi connectivity index (χ0v) is 7.46. The lowest BCUT2D eigenvalue weighted by molar-refractivity contribution is -0.908. The predicted molar refractivity (Wildman–Crippen MR) is 44.2 cm³/mol. The highest BCUT2D eigenvalue weighted by molar-refractivity contribution is 5.86. The third kappa shape index (κ3) is 1.71. The van der Waals surface area contributed by atoms with Crippen molar-refractivity contribution in [1.29, 1.82) is 0 Å². The summed E-state index contributed by atoms with van der Waals surface area (Å²) in [6, 6.07) is 0.595. The number of nitrogens with one attached hydrogen (secondary N) is 1. The Bertz CT molecular complexity index is 167. The van der Waals surface area contributed by atoms with E-state index in [0.29, 0.717) is 12.0 Å². The van der Waals surface area contributed by atoms with Gasteiger partial charge >= 0.3 is 0 Å². The number of likely N-dealkylation sites (tertiary alicyclic amines) is 1. The molecule has 0 amide bonds. The van der Waals surface area contributed by atoms with Gasteiger partial charge in [-0.1, -0.05) is 12.1 Å². The van der Waals surface area contributed by atoms with Gasteiger partial charge in [-0.3, -0.25) is 0 Å². The minimum absolute atomic E-state index is 0.441. The molecule has 0 bridgehead atoms. The largest absolute Gasteiger partial charge is 0.411 e. The molecule has 3 atom stereocenters. The van der Waals surface area contributed by atoms with Crippen LogP contribution in [-0.4, -0.2) is 30.6 Å². The van der Waals surface area contributed by atoms with Gasteiger partial charge in [-0.25, -0.2) is 0 Å². The van der Waals surface area contributed by atoms with Gasteiger partial charge in [0.2, 0.25) is 0 Å². The van der Waals surface area contributed by atoms with E-state index in [4.69, 9.17) is 5.21 Å². The second kappa shape index (κ2) is 3.22. The average Bonchev–Trinajstić information content (AvgIpc) is 1.97. The Morgan fingerprint density at radius 3 is 2.73 bits per heavy atom. The summed E-state index contributed by atoms with van der Waals surface area (Å²) in [6.07, 6.45) is 0.934. The lowest BCUT2D eigenvalue weighted by Gasteiger charge is -2.30. The molecule has 1 saturated heterocycles. The maximum Gasteiger partial charge on any atom is 0.0898 e. The average molecular weight is 157 g/mol. The fraction of sp³-hybridized carbons (Fsp3) is 0.875. The maximum absolute atomic E-state index is 8.64. The van der Waals surface area contributed by atoms with Crippen LogP contribution in [-0.2, 0) is 0 Å². The van der Waals surface area contributed by atoms with Gasteiger partial charge in [-0.05, 0) is 6.92 Å². The topological polar surface area (TPSA) is 37.0 Å². The highest BCUT2D eigenvalue weighted by Gasteiger charge is 2.28. The standard InChI is InChI=1S/C8H16N2O/c1-6-5-10(3)7(2)4-8(6)9-11/h6-7,11H,4-5H2,1-3H3/p+1/b9-8+/t6-,7+/m1/s1. The molecule has 64 valence electrons. The summed E-state index contributed by atoms with van der Waals surface area (Å²) in [4.78, 5) is 1.53. The number of piperidine rings is 1. The van der Waals surface area contributed by atoms with Crippen LogP contribution in [0.4, 0.5) is 0 Å². The highest BCUT2D eigenvalue weighted by Crippen LogP contribution is 2.06. The molecular formula is C8H17N2O+. The van der Waals surface area contributed by atoms with Crippen molar-refractivity contribution in [2.24, 2.45) is 11.1 Å². The maximum atomic E-state index is 8.64. The molecule has 1 aliphatic heterocycles. The van der Waals surface area contributed by atoms with Crippen molar-refractivity contribution in [3.05, 3.63) is 0 Å². The molecule has 0 radical (unpaired) electrons. The Balaban J connectivity index is 2.62. The molecule has 0 aromatic heterocycles. The van der Waals surface area contributed by atoms with Gasteiger partial charge in [-0.15, -0.1) is 0 Å². The first-order chi connectivity index (χ1) is 5.15. The first kappa shape index (κ1) is 8.53. The summed E-state index contributed by atoms with van der Waals surface area (Å²) >= 11 is 0. The molecule has 1 aliphatic rings. The lowest BCUT2D eigenvalue weighted by atomic mass is 9.93. The van der Waals surface area contributed by atoms with E-state index in [-0.39, 0.29) is 0 Å². The first-order valence-electron chi connectivity index (χ1n) is 4.18. The van der Waals surface area contributed by atoms with E-state index in [9.17, 15) is 0 Å². The van der Waals surface area contributed by atoms with E-state index >= 15 is 0 Å². The van der Waals surface area contributed by atoms with Crippen LogP contribution in [0.25, 0.3) is 0 Å². The summed E-state index contributed by atoms with van der Waals surface area (Å²) in [5, 5.41) is 12.0. The SMILES string of the molecule is C[C@@H]1C[NH+](C)[C@@H](C)C/C1=N\O. The third-order valence-electron chi connectivity index (χ3n) is 2.68. The number of nitrogens with zero attached hydrogens (tertiary/aromatic N) is 1. The van der Waals surface area contributed by atoms with Crippen LogP contribution >= 0.6 is 0 Å². The van der Waals surface area contributed by atoms with Gasteiger partial charge in [0.15, 0.2) is 0 Å². The second-order valence-electron chi connectivity index (χ2n) is 3.65. The zero-order chi connectivity index (χ0) is 8.43. The van der Waals surface area contributed by atoms with Gasteiger partial charge in [0.05, 0.1) is 25.3 Å². The van der Waals surface area contributed by atoms with Gasteiger partial charge in [0.1, 0.15) is 0 Å². The predicted octanol–water partition coefficient (Wildman–Crippen LogP) is -0.240. The minimum atomic E-state index is 0.441. The van der Waals surface area contributed by atoms with Crippen LogP contribution in [0.15, 0.2) is 5.16 Å². The van der Waals surface area contributed by atoms with E-state index < -0.39 is 0 Å². The smallest absolute Gasteiger partial charge is 0.0898 e. The number of quaternary nitrogens is 1. The molecule has 1 rings (SSSR count). The molecule has 1 unspecified atom stereocenters. The fourth-order valence-electron chi connectivity index (χ4n) is 1.63. The molecule has 1 heterocycles. The van der Waals surface area contributed by atoms with Gasteiger partial charge < -0.3 is 10.1 Å². The molecular weight excluding hydrogens is 140 g/mol. The zero-order valence-electron chi connectivity index (χ0n) is 7.46. The Kier molecular flexibility index (Phi) is 2.49. The molecule has 0 aliphatic carbocycles. The van der Waals surface area contributed by atoms with E-state index in [1.807, 2.05) is 0 Å². The van der Waals surface area contributed by atoms with Crippen LogP contribution in [0, 0.1) is 5.92 Å². The molecule has 3 nitrogen and oxygen atoms in total. The monoisotopic (exact) mass is 157 g/mol. The van der Waals surface area contributed by atoms with Crippen molar-refractivity contribution >= 4 is 5.71 Å². The third-order valence-corrected chi connectivity index (χ3v) is 2.68. The summed E-state index contributed by atoms with van der Waals surface area (Å²) in [7, 11) is 2.19. The van der Waals surface area contributed by atoms with Gasteiger partial charge in [0.25, 0.3) is 0 Å². The van der Waals surface area contributed by atoms with Crippen molar-refractivity contribution < 1.29 is 10.1 Å². The van der Waals surface area contributed by atoms with Crippen molar-refractivity contribution in [1.82, 2.24) is 0 Å². The molecule has 0 aromatic rings. The number of hydrogen-bond donors (Lipinski definition) is 2. The lowest BCUT2D eigenvalue weighted by Crippen LogP contribution is -3.14. The summed E-state index contributed by atoms with van der Waals surface area (Å²) in [5.74, 6) is 0.441. The first-order valence-corrected chi connectivity index (χ1v) is 4.18. The van der Waals surface area contributed by atoms with Crippen molar-refractivity contribution in [3.63, 3.8) is 0 Å². The Labute approximate surface area is 67.7 Å². The Morgan fingerprint density at radius 2 is 2.18 bits per heavy atom. The van der Waals surface area contributed by atoms with Crippen LogP contribution in [0.3, 0.4) is 0 Å². The fourth-order valence-corrected chi connectivity index (χ4v) is 1.63. The van der Waals surface area contributed by atoms with Crippen LogP contribution in [0.2, 0.25) is 0 Å². The van der Waals surface area contributed by atoms with Crippen LogP contribution < -0.4 is 4.90 Å². The van der Waals surface area contributed by atoms with Crippen LogP contribution in [0.5, 0.6) is 0 Å². The minimum Gasteiger partial charge on any atom is -0.411 e. The summed E-state index contributed by atoms with van der Waals surface area (Å²) in [5.41, 5.74) is 0.961. The van der Waals surface area contributed by atoms with Crippen molar-refractivity contribution in [2.75, 3.05) is 13.6 Å². The summed E-state index contributed by atoms with van der Waals surface area (Å²) < 4.78 is 0.